The second-order valence-electron chi connectivity index (χ2n) is 3.87. The van der Waals surface area contributed by atoms with Gasteiger partial charge >= 0.3 is 0 Å². The van der Waals surface area contributed by atoms with Gasteiger partial charge in [0.2, 0.25) is 0 Å². The maximum atomic E-state index is 11.6. The standard InChI is InChI=1S/C13H13N3O2S/c1-16-13(19)14-12(17)11(15-16)8-5-9-3-6-10(18-2)7-4-9/h3-8H,1-2H3,(H,14,17,19)/b8-5+. The van der Waals surface area contributed by atoms with Gasteiger partial charge in [0.25, 0.3) is 5.56 Å². The molecule has 2 aromatic rings. The lowest BCUT2D eigenvalue weighted by molar-refractivity contribution is 0.415. The second kappa shape index (κ2) is 5.62. The number of rotatable bonds is 3. The minimum absolute atomic E-state index is 0.298. The number of H-pyrrole nitrogens is 1. The van der Waals surface area contributed by atoms with Gasteiger partial charge in [-0.15, -0.1) is 0 Å². The van der Waals surface area contributed by atoms with Crippen LogP contribution in [0.25, 0.3) is 12.2 Å². The molecule has 6 heteroatoms. The summed E-state index contributed by atoms with van der Waals surface area (Å²) in [5.41, 5.74) is 0.965. The van der Waals surface area contributed by atoms with Crippen LogP contribution >= 0.6 is 12.2 Å². The molecule has 0 bridgehead atoms. The molecule has 0 amide bonds. The van der Waals surface area contributed by atoms with Crippen molar-refractivity contribution < 1.29 is 4.74 Å². The smallest absolute Gasteiger partial charge is 0.277 e. The van der Waals surface area contributed by atoms with E-state index in [1.54, 1.807) is 26.3 Å². The molecule has 1 heterocycles. The molecule has 98 valence electrons. The quantitative estimate of drug-likeness (QED) is 0.871. The van der Waals surface area contributed by atoms with Crippen molar-refractivity contribution in [2.75, 3.05) is 7.11 Å². The van der Waals surface area contributed by atoms with Crippen LogP contribution in [0, 0.1) is 4.77 Å². The number of ether oxygens (including phenoxy) is 1. The Kier molecular flexibility index (Phi) is 3.91. The van der Waals surface area contributed by atoms with Gasteiger partial charge < -0.3 is 4.74 Å². The number of methoxy groups -OCH3 is 1. The Labute approximate surface area is 115 Å². The van der Waals surface area contributed by atoms with Crippen LogP contribution in [-0.4, -0.2) is 21.9 Å². The van der Waals surface area contributed by atoms with Gasteiger partial charge in [-0.05, 0) is 36.0 Å². The van der Waals surface area contributed by atoms with E-state index < -0.39 is 0 Å². The molecule has 0 aliphatic rings. The number of aromatic nitrogens is 3. The first-order valence-corrected chi connectivity index (χ1v) is 6.01. The fourth-order valence-electron chi connectivity index (χ4n) is 1.49. The van der Waals surface area contributed by atoms with Crippen LogP contribution in [0.4, 0.5) is 0 Å². The predicted octanol–water partition coefficient (Wildman–Crippen LogP) is 2.02. The number of hydrogen-bond acceptors (Lipinski definition) is 4. The van der Waals surface area contributed by atoms with Crippen LogP contribution in [0.1, 0.15) is 11.3 Å². The van der Waals surface area contributed by atoms with E-state index in [0.29, 0.717) is 10.5 Å². The van der Waals surface area contributed by atoms with Crippen molar-refractivity contribution in [2.45, 2.75) is 0 Å². The molecule has 1 N–H and O–H groups in total. The summed E-state index contributed by atoms with van der Waals surface area (Å²) in [4.78, 5) is 14.2. The third-order valence-electron chi connectivity index (χ3n) is 2.55. The fraction of sp³-hybridized carbons (Fsp3) is 0.154. The van der Waals surface area contributed by atoms with Crippen LogP contribution in [-0.2, 0) is 7.05 Å². The third kappa shape index (κ3) is 3.17. The van der Waals surface area contributed by atoms with Gasteiger partial charge in [-0.2, -0.15) is 5.10 Å². The van der Waals surface area contributed by atoms with Gasteiger partial charge in [0.1, 0.15) is 11.4 Å². The number of aromatic amines is 1. The van der Waals surface area contributed by atoms with E-state index in [1.807, 2.05) is 24.3 Å². The average molecular weight is 275 g/mol. The molecule has 0 aliphatic heterocycles. The summed E-state index contributed by atoms with van der Waals surface area (Å²) in [6.07, 6.45) is 3.45. The number of nitrogens with zero attached hydrogens (tertiary/aromatic N) is 2. The van der Waals surface area contributed by atoms with Crippen LogP contribution < -0.4 is 10.3 Å². The first-order chi connectivity index (χ1) is 9.10. The molecule has 2 rings (SSSR count). The Bertz CT molecular complexity index is 714. The molecule has 1 aromatic carbocycles. The first-order valence-electron chi connectivity index (χ1n) is 5.60. The maximum absolute atomic E-state index is 11.6. The molecule has 1 aromatic heterocycles. The van der Waals surface area contributed by atoms with Gasteiger partial charge in [-0.25, -0.2) is 4.68 Å². The maximum Gasteiger partial charge on any atom is 0.277 e. The summed E-state index contributed by atoms with van der Waals surface area (Å²) >= 11 is 4.91. The molecule has 0 spiro atoms. The Morgan fingerprint density at radius 2 is 2.00 bits per heavy atom. The molecule has 0 fully saturated rings. The van der Waals surface area contributed by atoms with Crippen molar-refractivity contribution in [3.05, 3.63) is 50.6 Å². The Morgan fingerprint density at radius 1 is 1.32 bits per heavy atom. The zero-order valence-corrected chi connectivity index (χ0v) is 11.4. The Morgan fingerprint density at radius 3 is 2.63 bits per heavy atom. The normalized spacial score (nSPS) is 10.8. The zero-order chi connectivity index (χ0) is 13.8. The van der Waals surface area contributed by atoms with E-state index in [9.17, 15) is 4.79 Å². The van der Waals surface area contributed by atoms with Crippen LogP contribution in [0.2, 0.25) is 0 Å². The summed E-state index contributed by atoms with van der Waals surface area (Å²) in [5.74, 6) is 0.787. The minimum atomic E-state index is -0.298. The lowest BCUT2D eigenvalue weighted by Crippen LogP contribution is -2.17. The molecular weight excluding hydrogens is 262 g/mol. The lowest BCUT2D eigenvalue weighted by Gasteiger charge is -2.00. The van der Waals surface area contributed by atoms with Gasteiger partial charge in [-0.1, -0.05) is 18.2 Å². The summed E-state index contributed by atoms with van der Waals surface area (Å²) in [5, 5.41) is 4.08. The Hall–Kier alpha value is -2.21. The average Bonchev–Trinajstić information content (AvgIpc) is 2.42. The van der Waals surface area contributed by atoms with E-state index in [2.05, 4.69) is 10.1 Å². The zero-order valence-electron chi connectivity index (χ0n) is 10.6. The predicted molar refractivity (Wildman–Crippen MR) is 76.6 cm³/mol. The van der Waals surface area contributed by atoms with E-state index in [1.165, 1.54) is 4.68 Å². The summed E-state index contributed by atoms with van der Waals surface area (Å²) < 4.78 is 6.82. The van der Waals surface area contributed by atoms with E-state index in [0.717, 1.165) is 11.3 Å². The topological polar surface area (TPSA) is 59.9 Å². The van der Waals surface area contributed by atoms with Crippen molar-refractivity contribution in [1.82, 2.24) is 14.8 Å². The number of hydrogen-bond donors (Lipinski definition) is 1. The minimum Gasteiger partial charge on any atom is -0.497 e. The highest BCUT2D eigenvalue weighted by atomic mass is 32.1. The van der Waals surface area contributed by atoms with Crippen molar-refractivity contribution >= 4 is 24.4 Å². The number of benzene rings is 1. The van der Waals surface area contributed by atoms with Gasteiger partial charge in [0.15, 0.2) is 4.77 Å². The molecular formula is C13H13N3O2S. The fourth-order valence-corrected chi connectivity index (χ4v) is 1.63. The summed E-state index contributed by atoms with van der Waals surface area (Å²) in [7, 11) is 3.30. The van der Waals surface area contributed by atoms with Crippen LogP contribution in [0.3, 0.4) is 0 Å². The molecule has 0 unspecified atom stereocenters. The van der Waals surface area contributed by atoms with Crippen molar-refractivity contribution in [1.29, 1.82) is 0 Å². The molecule has 0 aliphatic carbocycles. The number of nitrogens with one attached hydrogen (secondary N) is 1. The second-order valence-corrected chi connectivity index (χ2v) is 4.26. The molecule has 0 radical (unpaired) electrons. The van der Waals surface area contributed by atoms with Crippen LogP contribution in [0.5, 0.6) is 5.75 Å². The molecule has 19 heavy (non-hydrogen) atoms. The molecule has 0 atom stereocenters. The van der Waals surface area contributed by atoms with Gasteiger partial charge in [0, 0.05) is 7.05 Å². The van der Waals surface area contributed by atoms with Crippen molar-refractivity contribution in [3.8, 4) is 5.75 Å². The highest BCUT2D eigenvalue weighted by Gasteiger charge is 1.98. The largest absolute Gasteiger partial charge is 0.497 e. The highest BCUT2D eigenvalue weighted by Crippen LogP contribution is 2.12. The monoisotopic (exact) mass is 275 g/mol. The third-order valence-corrected chi connectivity index (χ3v) is 2.92. The van der Waals surface area contributed by atoms with E-state index in [-0.39, 0.29) is 5.56 Å². The molecule has 0 saturated carbocycles. The molecule has 5 nitrogen and oxygen atoms in total. The lowest BCUT2D eigenvalue weighted by atomic mass is 10.2. The summed E-state index contributed by atoms with van der Waals surface area (Å²) in [6.45, 7) is 0. The van der Waals surface area contributed by atoms with Crippen LogP contribution in [0.15, 0.2) is 29.1 Å². The van der Waals surface area contributed by atoms with E-state index in [4.69, 9.17) is 17.0 Å². The van der Waals surface area contributed by atoms with E-state index >= 15 is 0 Å². The first kappa shape index (κ1) is 13.2. The summed E-state index contributed by atoms with van der Waals surface area (Å²) in [6, 6.07) is 7.49. The van der Waals surface area contributed by atoms with Gasteiger partial charge in [-0.3, -0.25) is 9.78 Å². The van der Waals surface area contributed by atoms with Crippen molar-refractivity contribution in [3.63, 3.8) is 0 Å². The molecule has 0 saturated heterocycles. The van der Waals surface area contributed by atoms with Crippen molar-refractivity contribution in [2.24, 2.45) is 7.05 Å². The number of aryl methyl sites for hydroxylation is 1. The SMILES string of the molecule is COc1ccc(/C=C/c2nn(C)c(=S)[nH]c2=O)cc1. The Balaban J connectivity index is 2.29. The highest BCUT2D eigenvalue weighted by molar-refractivity contribution is 7.71. The van der Waals surface area contributed by atoms with Gasteiger partial charge in [0.05, 0.1) is 7.11 Å².